The minimum absolute atomic E-state index is 0.155. The topological polar surface area (TPSA) is 57.5 Å². The van der Waals surface area contributed by atoms with Gasteiger partial charge in [-0.05, 0) is 104 Å². The summed E-state index contributed by atoms with van der Waals surface area (Å²) in [5, 5.41) is 21.5. The zero-order valence-electron chi connectivity index (χ0n) is 18.4. The molecular formula is C25H42O3. The van der Waals surface area contributed by atoms with E-state index in [1.54, 1.807) is 0 Å². The first-order valence-corrected chi connectivity index (χ1v) is 12.0. The third-order valence-electron chi connectivity index (χ3n) is 10.4. The Morgan fingerprint density at radius 2 is 1.64 bits per heavy atom. The number of aliphatic hydroxyl groups excluding tert-OH is 2. The third kappa shape index (κ3) is 3.11. The van der Waals surface area contributed by atoms with Crippen LogP contribution in [0.5, 0.6) is 0 Å². The molecule has 0 aromatic rings. The minimum Gasteiger partial charge on any atom is -0.393 e. The maximum absolute atomic E-state index is 11.3. The molecule has 3 heteroatoms. The van der Waals surface area contributed by atoms with Crippen LogP contribution in [0.15, 0.2) is 0 Å². The SMILES string of the molecule is CC(C=O)C[C@@H](C)[C@H]1CCC2C3C(CC[C@@]21C)[C@@]1(C)CC[C@@H](O)CC1C[C@H]3O. The van der Waals surface area contributed by atoms with Crippen LogP contribution in [-0.2, 0) is 4.79 Å². The number of aldehydes is 1. The minimum atomic E-state index is -0.194. The molecule has 0 amide bonds. The average molecular weight is 391 g/mol. The number of hydrogen-bond donors (Lipinski definition) is 2. The van der Waals surface area contributed by atoms with E-state index in [2.05, 4.69) is 27.7 Å². The predicted octanol–water partition coefficient (Wildman–Crippen LogP) is 4.84. The van der Waals surface area contributed by atoms with Crippen LogP contribution in [0.25, 0.3) is 0 Å². The Morgan fingerprint density at radius 3 is 2.36 bits per heavy atom. The first kappa shape index (κ1) is 20.8. The van der Waals surface area contributed by atoms with E-state index in [1.165, 1.54) is 25.7 Å². The molecule has 28 heavy (non-hydrogen) atoms. The van der Waals surface area contributed by atoms with Crippen molar-refractivity contribution in [2.75, 3.05) is 0 Å². The molecule has 4 rings (SSSR count). The summed E-state index contributed by atoms with van der Waals surface area (Å²) in [6, 6.07) is 0. The van der Waals surface area contributed by atoms with Gasteiger partial charge in [0.15, 0.2) is 0 Å². The highest BCUT2D eigenvalue weighted by atomic mass is 16.3. The van der Waals surface area contributed by atoms with Crippen molar-refractivity contribution < 1.29 is 15.0 Å². The lowest BCUT2D eigenvalue weighted by Crippen LogP contribution is -2.58. The zero-order chi connectivity index (χ0) is 20.3. The van der Waals surface area contributed by atoms with E-state index >= 15 is 0 Å². The van der Waals surface area contributed by atoms with Crippen molar-refractivity contribution in [3.05, 3.63) is 0 Å². The van der Waals surface area contributed by atoms with Crippen LogP contribution in [0.4, 0.5) is 0 Å². The number of carbonyl (C=O) groups is 1. The van der Waals surface area contributed by atoms with Gasteiger partial charge in [-0.15, -0.1) is 0 Å². The molecule has 0 bridgehead atoms. The molecule has 0 spiro atoms. The lowest BCUT2D eigenvalue weighted by molar-refractivity contribution is -0.174. The van der Waals surface area contributed by atoms with Gasteiger partial charge < -0.3 is 15.0 Å². The van der Waals surface area contributed by atoms with Gasteiger partial charge in [0, 0.05) is 5.92 Å². The summed E-state index contributed by atoms with van der Waals surface area (Å²) in [6.45, 7) is 9.41. The van der Waals surface area contributed by atoms with Crippen LogP contribution < -0.4 is 0 Å². The number of rotatable bonds is 4. The van der Waals surface area contributed by atoms with Crippen molar-refractivity contribution in [1.29, 1.82) is 0 Å². The fourth-order valence-corrected chi connectivity index (χ4v) is 8.98. The molecule has 0 radical (unpaired) electrons. The van der Waals surface area contributed by atoms with Gasteiger partial charge >= 0.3 is 0 Å². The van der Waals surface area contributed by atoms with Crippen molar-refractivity contribution in [2.24, 2.45) is 52.3 Å². The summed E-state index contributed by atoms with van der Waals surface area (Å²) < 4.78 is 0. The van der Waals surface area contributed by atoms with Crippen molar-refractivity contribution >= 4 is 6.29 Å². The molecule has 2 N–H and O–H groups in total. The molecule has 0 aromatic heterocycles. The highest BCUT2D eigenvalue weighted by molar-refractivity contribution is 5.52. The second-order valence-electron chi connectivity index (χ2n) is 11.8. The van der Waals surface area contributed by atoms with Gasteiger partial charge in [-0.1, -0.05) is 27.7 Å². The third-order valence-corrected chi connectivity index (χ3v) is 10.4. The van der Waals surface area contributed by atoms with Crippen LogP contribution in [0.2, 0.25) is 0 Å². The Kier molecular flexibility index (Phi) is 5.49. The van der Waals surface area contributed by atoms with Crippen LogP contribution >= 0.6 is 0 Å². The van der Waals surface area contributed by atoms with E-state index in [0.717, 1.165) is 38.4 Å². The van der Waals surface area contributed by atoms with Gasteiger partial charge in [0.05, 0.1) is 12.2 Å². The molecule has 3 nitrogen and oxygen atoms in total. The van der Waals surface area contributed by atoms with E-state index in [4.69, 9.17) is 0 Å². The fraction of sp³-hybridized carbons (Fsp3) is 0.960. The fourth-order valence-electron chi connectivity index (χ4n) is 8.98. The normalized spacial score (nSPS) is 52.9. The Hall–Kier alpha value is -0.410. The molecule has 0 aromatic carbocycles. The molecule has 11 atom stereocenters. The van der Waals surface area contributed by atoms with Gasteiger partial charge in [0.25, 0.3) is 0 Å². The van der Waals surface area contributed by atoms with Gasteiger partial charge in [-0.25, -0.2) is 0 Å². The molecule has 5 unspecified atom stereocenters. The largest absolute Gasteiger partial charge is 0.393 e. The van der Waals surface area contributed by atoms with Crippen LogP contribution in [0.1, 0.15) is 85.5 Å². The van der Waals surface area contributed by atoms with Gasteiger partial charge in [-0.3, -0.25) is 0 Å². The van der Waals surface area contributed by atoms with Gasteiger partial charge in [0.2, 0.25) is 0 Å². The number of aliphatic hydroxyl groups is 2. The highest BCUT2D eigenvalue weighted by Crippen LogP contribution is 2.68. The summed E-state index contributed by atoms with van der Waals surface area (Å²) in [5.41, 5.74) is 0.627. The van der Waals surface area contributed by atoms with E-state index in [1.807, 2.05) is 0 Å². The average Bonchev–Trinajstić information content (AvgIpc) is 3.00. The Labute approximate surface area is 171 Å². The van der Waals surface area contributed by atoms with E-state index in [-0.39, 0.29) is 18.1 Å². The van der Waals surface area contributed by atoms with Crippen molar-refractivity contribution in [3.63, 3.8) is 0 Å². The van der Waals surface area contributed by atoms with Crippen LogP contribution in [0.3, 0.4) is 0 Å². The summed E-state index contributed by atoms with van der Waals surface area (Å²) in [7, 11) is 0. The lowest BCUT2D eigenvalue weighted by Gasteiger charge is -2.62. The summed E-state index contributed by atoms with van der Waals surface area (Å²) in [4.78, 5) is 11.2. The second-order valence-corrected chi connectivity index (χ2v) is 11.8. The molecule has 4 fully saturated rings. The van der Waals surface area contributed by atoms with Crippen LogP contribution in [0, 0.1) is 52.3 Å². The van der Waals surface area contributed by atoms with Crippen molar-refractivity contribution in [1.82, 2.24) is 0 Å². The molecule has 0 aliphatic heterocycles. The summed E-state index contributed by atoms with van der Waals surface area (Å²) in [5.74, 6) is 3.60. The molecule has 4 saturated carbocycles. The predicted molar refractivity (Wildman–Crippen MR) is 112 cm³/mol. The van der Waals surface area contributed by atoms with Crippen molar-refractivity contribution in [3.8, 4) is 0 Å². The number of fused-ring (bicyclic) bond motifs is 5. The second kappa shape index (κ2) is 7.38. The lowest BCUT2D eigenvalue weighted by atomic mass is 9.43. The number of carbonyl (C=O) groups excluding carboxylic acids is 1. The Morgan fingerprint density at radius 1 is 0.964 bits per heavy atom. The molecule has 0 heterocycles. The molecular weight excluding hydrogens is 348 g/mol. The summed E-state index contributed by atoms with van der Waals surface area (Å²) in [6.07, 6.45) is 10.7. The molecule has 4 aliphatic rings. The van der Waals surface area contributed by atoms with E-state index in [0.29, 0.717) is 46.3 Å². The summed E-state index contributed by atoms with van der Waals surface area (Å²) >= 11 is 0. The Bertz CT molecular complexity index is 590. The van der Waals surface area contributed by atoms with E-state index in [9.17, 15) is 15.0 Å². The standard InChI is InChI=1S/C25H42O3/c1-15(14-26)11-16(2)19-5-6-20-23-21(8-10-25(19,20)4)24(3)9-7-18(27)12-17(24)13-22(23)28/h14-23,27-28H,5-13H2,1-4H3/t15?,16-,17?,18-,19-,20?,21?,22-,23?,24+,25-/m1/s1. The zero-order valence-corrected chi connectivity index (χ0v) is 18.4. The maximum Gasteiger partial charge on any atom is 0.122 e. The quantitative estimate of drug-likeness (QED) is 0.676. The monoisotopic (exact) mass is 390 g/mol. The van der Waals surface area contributed by atoms with Crippen LogP contribution in [-0.4, -0.2) is 28.7 Å². The number of hydrogen-bond acceptors (Lipinski definition) is 3. The molecule has 160 valence electrons. The van der Waals surface area contributed by atoms with Gasteiger partial charge in [-0.2, -0.15) is 0 Å². The first-order chi connectivity index (χ1) is 13.2. The molecule has 0 saturated heterocycles. The first-order valence-electron chi connectivity index (χ1n) is 12.0. The highest BCUT2D eigenvalue weighted by Gasteiger charge is 2.62. The van der Waals surface area contributed by atoms with Crippen molar-refractivity contribution in [2.45, 2.75) is 97.7 Å². The van der Waals surface area contributed by atoms with E-state index < -0.39 is 0 Å². The maximum atomic E-state index is 11.3. The van der Waals surface area contributed by atoms with Gasteiger partial charge in [0.1, 0.15) is 6.29 Å². The Balaban J connectivity index is 1.57. The smallest absolute Gasteiger partial charge is 0.122 e. The molecule has 4 aliphatic carbocycles.